The number of sulfonamides is 1. The molecule has 2 aromatic heterocycles. The van der Waals surface area contributed by atoms with E-state index in [1.165, 1.54) is 12.1 Å². The predicted molar refractivity (Wildman–Crippen MR) is 136 cm³/mol. The molecule has 0 spiro atoms. The van der Waals surface area contributed by atoms with Crippen LogP contribution in [0.25, 0.3) is 11.3 Å². The number of alkyl carbamates (subject to hydrolysis) is 1. The Hall–Kier alpha value is -3.25. The SMILES string of the molecule is CC(C)(C)OC(=O)NCCCCCOc1ccccc1-c1csc(NS(=O)(=O)c2cccc(F)n2)n1. The molecule has 36 heavy (non-hydrogen) atoms. The van der Waals surface area contributed by atoms with E-state index in [0.29, 0.717) is 24.6 Å². The number of unbranched alkanes of at least 4 members (excludes halogenated alkanes) is 2. The zero-order chi connectivity index (χ0) is 26.2. The van der Waals surface area contributed by atoms with E-state index < -0.39 is 32.7 Å². The molecule has 0 bridgehead atoms. The second-order valence-corrected chi connectivity index (χ2v) is 11.3. The number of para-hydroxylation sites is 1. The van der Waals surface area contributed by atoms with E-state index in [2.05, 4.69) is 20.0 Å². The lowest BCUT2D eigenvalue weighted by Crippen LogP contribution is -2.33. The Morgan fingerprint density at radius 1 is 1.06 bits per heavy atom. The van der Waals surface area contributed by atoms with Gasteiger partial charge in [0, 0.05) is 17.5 Å². The van der Waals surface area contributed by atoms with Crippen LogP contribution in [-0.4, -0.2) is 43.2 Å². The number of hydrogen-bond acceptors (Lipinski definition) is 8. The molecule has 3 rings (SSSR count). The summed E-state index contributed by atoms with van der Waals surface area (Å²) >= 11 is 1.10. The molecule has 0 radical (unpaired) electrons. The Bertz CT molecular complexity index is 1280. The molecular weight excluding hydrogens is 507 g/mol. The summed E-state index contributed by atoms with van der Waals surface area (Å²) in [6.07, 6.45) is 2.01. The number of carbonyl (C=O) groups is 1. The van der Waals surface area contributed by atoms with Gasteiger partial charge in [0.1, 0.15) is 11.4 Å². The Labute approximate surface area is 214 Å². The Kier molecular flexibility index (Phi) is 9.21. The highest BCUT2D eigenvalue weighted by molar-refractivity contribution is 7.92. The molecular formula is C24H29FN4O5S2. The third-order valence-electron chi connectivity index (χ3n) is 4.60. The van der Waals surface area contributed by atoms with Gasteiger partial charge in [0.2, 0.25) is 5.95 Å². The molecule has 3 aromatic rings. The van der Waals surface area contributed by atoms with E-state index >= 15 is 0 Å². The van der Waals surface area contributed by atoms with Crippen molar-refractivity contribution in [3.8, 4) is 17.0 Å². The second-order valence-electron chi connectivity index (χ2n) is 8.78. The number of nitrogens with one attached hydrogen (secondary N) is 2. The minimum Gasteiger partial charge on any atom is -0.493 e. The van der Waals surface area contributed by atoms with Crippen LogP contribution in [0.15, 0.2) is 52.9 Å². The summed E-state index contributed by atoms with van der Waals surface area (Å²) in [6, 6.07) is 10.9. The highest BCUT2D eigenvalue weighted by Crippen LogP contribution is 2.33. The van der Waals surface area contributed by atoms with Gasteiger partial charge in [0.05, 0.1) is 12.3 Å². The van der Waals surface area contributed by atoms with Crippen LogP contribution >= 0.6 is 11.3 Å². The quantitative estimate of drug-likeness (QED) is 0.255. The molecule has 2 N–H and O–H groups in total. The number of hydrogen-bond donors (Lipinski definition) is 2. The summed E-state index contributed by atoms with van der Waals surface area (Å²) in [4.78, 5) is 19.4. The van der Waals surface area contributed by atoms with E-state index in [1.54, 1.807) is 5.38 Å². The van der Waals surface area contributed by atoms with Crippen LogP contribution < -0.4 is 14.8 Å². The van der Waals surface area contributed by atoms with Gasteiger partial charge in [-0.15, -0.1) is 11.3 Å². The first-order chi connectivity index (χ1) is 17.0. The summed E-state index contributed by atoms with van der Waals surface area (Å²) in [5.41, 5.74) is 0.739. The van der Waals surface area contributed by atoms with Gasteiger partial charge in [-0.25, -0.2) is 14.8 Å². The first-order valence-electron chi connectivity index (χ1n) is 11.3. The molecule has 1 amide bonds. The number of nitrogens with zero attached hydrogens (tertiary/aromatic N) is 2. The van der Waals surface area contributed by atoms with Gasteiger partial charge in [-0.05, 0) is 64.3 Å². The molecule has 0 aliphatic heterocycles. The van der Waals surface area contributed by atoms with Crippen molar-refractivity contribution < 1.29 is 27.1 Å². The summed E-state index contributed by atoms with van der Waals surface area (Å²) < 4.78 is 51.8. The first kappa shape index (κ1) is 27.3. The number of anilines is 1. The summed E-state index contributed by atoms with van der Waals surface area (Å²) in [5.74, 6) is -0.265. The molecule has 194 valence electrons. The Morgan fingerprint density at radius 3 is 2.58 bits per heavy atom. The average molecular weight is 537 g/mol. The maximum Gasteiger partial charge on any atom is 0.407 e. The van der Waals surface area contributed by atoms with Crippen LogP contribution in [0.3, 0.4) is 0 Å². The minimum absolute atomic E-state index is 0.128. The smallest absolute Gasteiger partial charge is 0.407 e. The highest BCUT2D eigenvalue weighted by atomic mass is 32.2. The molecule has 9 nitrogen and oxygen atoms in total. The van der Waals surface area contributed by atoms with Crippen LogP contribution in [0.4, 0.5) is 14.3 Å². The van der Waals surface area contributed by atoms with Crippen molar-refractivity contribution in [3.05, 3.63) is 53.8 Å². The topological polar surface area (TPSA) is 120 Å². The molecule has 12 heteroatoms. The highest BCUT2D eigenvalue weighted by Gasteiger charge is 2.19. The van der Waals surface area contributed by atoms with Gasteiger partial charge in [0.25, 0.3) is 10.0 Å². The van der Waals surface area contributed by atoms with E-state index in [9.17, 15) is 17.6 Å². The van der Waals surface area contributed by atoms with Crippen LogP contribution in [0.1, 0.15) is 40.0 Å². The summed E-state index contributed by atoms with van der Waals surface area (Å²) in [5, 5.41) is 4.14. The van der Waals surface area contributed by atoms with Crippen molar-refractivity contribution in [3.63, 3.8) is 0 Å². The zero-order valence-corrected chi connectivity index (χ0v) is 21.9. The molecule has 0 aliphatic carbocycles. The predicted octanol–water partition coefficient (Wildman–Crippen LogP) is 5.22. The maximum atomic E-state index is 13.3. The summed E-state index contributed by atoms with van der Waals surface area (Å²) in [7, 11) is -4.07. The molecule has 0 saturated heterocycles. The zero-order valence-electron chi connectivity index (χ0n) is 20.3. The van der Waals surface area contributed by atoms with Crippen molar-refractivity contribution in [1.29, 1.82) is 0 Å². The summed E-state index contributed by atoms with van der Waals surface area (Å²) in [6.45, 7) is 6.44. The molecule has 0 unspecified atom stereocenters. The van der Waals surface area contributed by atoms with Gasteiger partial charge in [0.15, 0.2) is 10.2 Å². The fourth-order valence-corrected chi connectivity index (χ4v) is 4.97. The molecule has 0 saturated carbocycles. The third kappa shape index (κ3) is 8.45. The fraction of sp³-hybridized carbons (Fsp3) is 0.375. The van der Waals surface area contributed by atoms with Crippen molar-refractivity contribution in [1.82, 2.24) is 15.3 Å². The van der Waals surface area contributed by atoms with E-state index in [1.807, 2.05) is 45.0 Å². The lowest BCUT2D eigenvalue weighted by Gasteiger charge is -2.19. The van der Waals surface area contributed by atoms with Crippen molar-refractivity contribution >= 4 is 32.6 Å². The molecule has 0 fully saturated rings. The van der Waals surface area contributed by atoms with Gasteiger partial charge in [-0.1, -0.05) is 18.2 Å². The number of ether oxygens (including phenoxy) is 2. The van der Waals surface area contributed by atoms with Crippen LogP contribution in [-0.2, 0) is 14.8 Å². The number of pyridine rings is 1. The lowest BCUT2D eigenvalue weighted by molar-refractivity contribution is 0.0527. The molecule has 1 aromatic carbocycles. The molecule has 0 atom stereocenters. The minimum atomic E-state index is -4.07. The van der Waals surface area contributed by atoms with Crippen molar-refractivity contribution in [2.75, 3.05) is 17.9 Å². The number of amides is 1. The van der Waals surface area contributed by atoms with E-state index in [4.69, 9.17) is 9.47 Å². The van der Waals surface area contributed by atoms with Crippen molar-refractivity contribution in [2.45, 2.75) is 50.7 Å². The molecule has 0 aliphatic rings. The lowest BCUT2D eigenvalue weighted by atomic mass is 10.1. The molecule has 2 heterocycles. The third-order valence-corrected chi connectivity index (χ3v) is 6.73. The Morgan fingerprint density at radius 2 is 1.83 bits per heavy atom. The monoisotopic (exact) mass is 536 g/mol. The van der Waals surface area contributed by atoms with Gasteiger partial charge in [-0.2, -0.15) is 12.8 Å². The standard InChI is InChI=1S/C24H29FN4O5S2/c1-24(2,3)34-23(30)26-14-7-4-8-15-33-19-11-6-5-10-17(19)18-16-35-22(27-18)29-36(31,32)21-13-9-12-20(25)28-21/h5-6,9-13,16H,4,7-8,14-15H2,1-3H3,(H,26,30)(H,27,29). The van der Waals surface area contributed by atoms with Crippen LogP contribution in [0.5, 0.6) is 5.75 Å². The largest absolute Gasteiger partial charge is 0.493 e. The fourth-order valence-electron chi connectivity index (χ4n) is 3.05. The van der Waals surface area contributed by atoms with Gasteiger partial charge >= 0.3 is 6.09 Å². The average Bonchev–Trinajstić information content (AvgIpc) is 3.25. The number of benzene rings is 1. The van der Waals surface area contributed by atoms with Gasteiger partial charge in [-0.3, -0.25) is 4.72 Å². The van der Waals surface area contributed by atoms with Crippen LogP contribution in [0, 0.1) is 5.95 Å². The second kappa shape index (κ2) is 12.1. The van der Waals surface area contributed by atoms with Crippen molar-refractivity contribution in [2.24, 2.45) is 0 Å². The van der Waals surface area contributed by atoms with Gasteiger partial charge < -0.3 is 14.8 Å². The maximum absolute atomic E-state index is 13.3. The number of halogens is 1. The normalized spacial score (nSPS) is 11.7. The van der Waals surface area contributed by atoms with E-state index in [-0.39, 0.29) is 5.13 Å². The van der Waals surface area contributed by atoms with Crippen LogP contribution in [0.2, 0.25) is 0 Å². The first-order valence-corrected chi connectivity index (χ1v) is 13.7. The number of carbonyl (C=O) groups excluding carboxylic acids is 1. The number of thiazole rings is 1. The number of rotatable bonds is 11. The Balaban J connectivity index is 1.51. The number of aromatic nitrogens is 2. The van der Waals surface area contributed by atoms with E-state index in [0.717, 1.165) is 42.2 Å².